The molecule has 2 aromatic heterocycles. The highest BCUT2D eigenvalue weighted by Crippen LogP contribution is 2.47. The van der Waals surface area contributed by atoms with Crippen LogP contribution in [0.25, 0.3) is 21.1 Å². The minimum absolute atomic E-state index is 0.0515. The minimum Gasteiger partial charge on any atom is -0.369 e. The molecule has 2 saturated carbocycles. The van der Waals surface area contributed by atoms with Crippen molar-refractivity contribution in [1.82, 2.24) is 15.3 Å². The van der Waals surface area contributed by atoms with E-state index in [1.807, 2.05) is 29.2 Å². The van der Waals surface area contributed by atoms with Crippen molar-refractivity contribution in [3.63, 3.8) is 0 Å². The van der Waals surface area contributed by atoms with Gasteiger partial charge in [0.15, 0.2) is 9.84 Å². The Hall–Kier alpha value is -3.43. The number of amides is 1. The third-order valence-electron chi connectivity index (χ3n) is 8.24. The molecule has 0 spiro atoms. The number of nitrogens with one attached hydrogen (secondary N) is 1. The van der Waals surface area contributed by atoms with E-state index >= 15 is 0 Å². The number of carbonyl (C=O) groups is 1. The predicted molar refractivity (Wildman–Crippen MR) is 152 cm³/mol. The molecule has 0 bridgehead atoms. The number of nitriles is 1. The summed E-state index contributed by atoms with van der Waals surface area (Å²) in [4.78, 5) is 25.4. The monoisotopic (exact) mass is 597 g/mol. The van der Waals surface area contributed by atoms with Gasteiger partial charge in [0.1, 0.15) is 22.5 Å². The van der Waals surface area contributed by atoms with Crippen LogP contribution in [-0.2, 0) is 14.6 Å². The molecule has 1 aromatic carbocycles. The average Bonchev–Trinajstić information content (AvgIpc) is 3.60. The number of benzene rings is 1. The van der Waals surface area contributed by atoms with Crippen LogP contribution in [0, 0.1) is 23.1 Å². The first-order valence-corrected chi connectivity index (χ1v) is 16.3. The quantitative estimate of drug-likeness (QED) is 0.440. The van der Waals surface area contributed by atoms with Crippen LogP contribution in [0.5, 0.6) is 0 Å². The summed E-state index contributed by atoms with van der Waals surface area (Å²) in [6.07, 6.45) is 1.96. The fraction of sp³-hybridized carbons (Fsp3) is 0.448. The summed E-state index contributed by atoms with van der Waals surface area (Å²) < 4.78 is 52.0. The van der Waals surface area contributed by atoms with Gasteiger partial charge in [-0.15, -0.1) is 11.3 Å². The Kier molecular flexibility index (Phi) is 7.28. The van der Waals surface area contributed by atoms with Crippen LogP contribution < -0.4 is 10.2 Å². The van der Waals surface area contributed by atoms with Crippen molar-refractivity contribution in [2.45, 2.75) is 49.7 Å². The third kappa shape index (κ3) is 5.83. The van der Waals surface area contributed by atoms with Gasteiger partial charge in [-0.3, -0.25) is 9.78 Å². The number of aromatic nitrogens is 2. The van der Waals surface area contributed by atoms with Gasteiger partial charge in [0.2, 0.25) is 5.91 Å². The molecule has 8 nitrogen and oxygen atoms in total. The number of hydrogen-bond acceptors (Lipinski definition) is 8. The number of nitrogens with zero attached hydrogens (tertiary/aromatic N) is 4. The average molecular weight is 598 g/mol. The topological polar surface area (TPSA) is 116 Å². The van der Waals surface area contributed by atoms with E-state index in [0.29, 0.717) is 55.2 Å². The Morgan fingerprint density at radius 3 is 2.49 bits per heavy atom. The second-order valence-electron chi connectivity index (χ2n) is 11.1. The van der Waals surface area contributed by atoms with E-state index in [9.17, 15) is 27.3 Å². The Bertz CT molecular complexity index is 1580. The number of anilines is 1. The van der Waals surface area contributed by atoms with Crippen molar-refractivity contribution in [2.75, 3.05) is 29.5 Å². The molecule has 41 heavy (non-hydrogen) atoms. The van der Waals surface area contributed by atoms with Crippen molar-refractivity contribution >= 4 is 32.8 Å². The fourth-order valence-electron chi connectivity index (χ4n) is 5.65. The lowest BCUT2D eigenvalue weighted by Gasteiger charge is -2.32. The molecule has 1 aliphatic heterocycles. The second kappa shape index (κ2) is 10.8. The molecule has 3 fully saturated rings. The zero-order valence-electron chi connectivity index (χ0n) is 22.2. The molecule has 3 atom stereocenters. The summed E-state index contributed by atoms with van der Waals surface area (Å²) >= 11 is 1.38. The summed E-state index contributed by atoms with van der Waals surface area (Å²) in [7, 11) is -3.00. The van der Waals surface area contributed by atoms with Crippen LogP contribution in [0.15, 0.2) is 42.6 Å². The molecule has 0 radical (unpaired) electrons. The minimum atomic E-state index is -3.00. The van der Waals surface area contributed by atoms with Crippen molar-refractivity contribution in [3.05, 3.63) is 54.1 Å². The van der Waals surface area contributed by atoms with Gasteiger partial charge in [0, 0.05) is 30.6 Å². The Morgan fingerprint density at radius 1 is 1.12 bits per heavy atom. The molecule has 1 N–H and O–H groups in total. The van der Waals surface area contributed by atoms with E-state index in [0.717, 1.165) is 22.3 Å². The molecule has 214 valence electrons. The number of hydrogen-bond donors (Lipinski definition) is 1. The molecule has 3 heterocycles. The highest BCUT2D eigenvalue weighted by atomic mass is 32.2. The van der Waals surface area contributed by atoms with Crippen molar-refractivity contribution in [1.29, 1.82) is 5.26 Å². The Balaban J connectivity index is 1.36. The summed E-state index contributed by atoms with van der Waals surface area (Å²) in [5.74, 6) is -1.60. The van der Waals surface area contributed by atoms with Crippen molar-refractivity contribution in [3.8, 4) is 27.2 Å². The molecule has 3 aliphatic rings. The lowest BCUT2D eigenvalue weighted by atomic mass is 9.75. The zero-order valence-corrected chi connectivity index (χ0v) is 23.9. The maximum Gasteiger partial charge on any atom is 0.225 e. The number of pyridine rings is 1. The molecule has 12 heteroatoms. The normalized spacial score (nSPS) is 24.8. The highest BCUT2D eigenvalue weighted by Gasteiger charge is 2.48. The molecule has 2 aliphatic carbocycles. The van der Waals surface area contributed by atoms with Gasteiger partial charge in [-0.05, 0) is 61.9 Å². The fourth-order valence-corrected chi connectivity index (χ4v) is 7.97. The van der Waals surface area contributed by atoms with Gasteiger partial charge in [0.05, 0.1) is 40.0 Å². The van der Waals surface area contributed by atoms with Crippen LogP contribution in [0.3, 0.4) is 0 Å². The Morgan fingerprint density at radius 2 is 1.85 bits per heavy atom. The first-order valence-electron chi connectivity index (χ1n) is 13.7. The van der Waals surface area contributed by atoms with Gasteiger partial charge >= 0.3 is 0 Å². The van der Waals surface area contributed by atoms with Crippen LogP contribution in [-0.4, -0.2) is 60.6 Å². The Labute approximate surface area is 241 Å². The summed E-state index contributed by atoms with van der Waals surface area (Å²) in [6.45, 7) is 0.864. The number of halogens is 2. The smallest absolute Gasteiger partial charge is 0.225 e. The number of carbonyl (C=O) groups excluding carboxylic acids is 1. The van der Waals surface area contributed by atoms with Gasteiger partial charge in [-0.1, -0.05) is 12.1 Å². The van der Waals surface area contributed by atoms with E-state index in [-0.39, 0.29) is 29.8 Å². The van der Waals surface area contributed by atoms with Gasteiger partial charge in [-0.2, -0.15) is 5.26 Å². The lowest BCUT2D eigenvalue weighted by molar-refractivity contribution is -0.128. The molecule has 1 amide bonds. The van der Waals surface area contributed by atoms with Crippen molar-refractivity contribution < 1.29 is 22.0 Å². The first-order chi connectivity index (χ1) is 19.7. The third-order valence-corrected chi connectivity index (χ3v) is 11.0. The van der Waals surface area contributed by atoms with E-state index in [4.69, 9.17) is 4.98 Å². The molecule has 1 saturated heterocycles. The van der Waals surface area contributed by atoms with E-state index < -0.39 is 33.3 Å². The van der Waals surface area contributed by atoms with Gasteiger partial charge in [-0.25, -0.2) is 22.2 Å². The van der Waals surface area contributed by atoms with Gasteiger partial charge in [0.25, 0.3) is 0 Å². The predicted octanol–water partition coefficient (Wildman–Crippen LogP) is 4.64. The highest BCUT2D eigenvalue weighted by molar-refractivity contribution is 7.91. The molecule has 0 unspecified atom stereocenters. The number of sulfone groups is 1. The van der Waals surface area contributed by atoms with Crippen LogP contribution in [0.4, 0.5) is 14.5 Å². The molecule has 3 aromatic rings. The molecular formula is C29H29F2N5O3S2. The summed E-state index contributed by atoms with van der Waals surface area (Å²) in [6, 6.07) is 12.8. The van der Waals surface area contributed by atoms with Crippen LogP contribution in [0.1, 0.15) is 43.7 Å². The SMILES string of the molecule is N#CC1(NC(=O)[C@@H]2C[C@@H](F)CC[C@H]2c2nc(-c3ccc(F)cn3)sc2-c2ccc(N3CCS(=O)(=O)CC3)cc2)CC1. The number of thiazole rings is 1. The maximum absolute atomic E-state index is 14.7. The molecular weight excluding hydrogens is 568 g/mol. The number of alkyl halides is 1. The van der Waals surface area contributed by atoms with E-state index in [1.54, 1.807) is 6.07 Å². The van der Waals surface area contributed by atoms with Gasteiger partial charge < -0.3 is 10.2 Å². The largest absolute Gasteiger partial charge is 0.369 e. The van der Waals surface area contributed by atoms with E-state index in [2.05, 4.69) is 16.4 Å². The standard InChI is InChI=1S/C29H29F2N5O3S2/c30-19-3-7-22(23(15-19)27(37)35-29(17-32)9-10-29)25-26(40-28(34-25)24-8-4-20(31)16-33-24)18-1-5-21(6-2-18)36-11-13-41(38,39)14-12-36/h1-2,4-6,8,16,19,22-23H,3,7,9-15H2,(H,35,37)/t19-,22+,23+/m0/s1. The maximum atomic E-state index is 14.7. The molecule has 6 rings (SSSR count). The summed E-state index contributed by atoms with van der Waals surface area (Å²) in [5.41, 5.74) is 2.08. The van der Waals surface area contributed by atoms with Crippen molar-refractivity contribution in [2.24, 2.45) is 5.92 Å². The van der Waals surface area contributed by atoms with E-state index in [1.165, 1.54) is 17.4 Å². The summed E-state index contributed by atoms with van der Waals surface area (Å²) in [5, 5.41) is 12.9. The second-order valence-corrected chi connectivity index (χ2v) is 14.4. The number of rotatable bonds is 6. The first kappa shape index (κ1) is 27.7. The van der Waals surface area contributed by atoms with Crippen LogP contribution in [0.2, 0.25) is 0 Å². The zero-order chi connectivity index (χ0) is 28.8. The van der Waals surface area contributed by atoms with Crippen LogP contribution >= 0.6 is 11.3 Å². The lowest BCUT2D eigenvalue weighted by Crippen LogP contribution is -2.44.